The molecule has 1 aromatic heterocycles. The molecule has 90 valence electrons. The number of nitrogens with one attached hydrogen (secondary N) is 1. The molecule has 1 aromatic carbocycles. The van der Waals surface area contributed by atoms with E-state index < -0.39 is 0 Å². The van der Waals surface area contributed by atoms with Crippen LogP contribution in [0.3, 0.4) is 0 Å². The molecular formula is C10H10BrN3O2S. The molecule has 0 spiro atoms. The van der Waals surface area contributed by atoms with Crippen LogP contribution in [0, 0.1) is 4.77 Å². The van der Waals surface area contributed by atoms with E-state index in [2.05, 4.69) is 26.1 Å². The van der Waals surface area contributed by atoms with Crippen molar-refractivity contribution in [1.82, 2.24) is 14.8 Å². The third kappa shape index (κ3) is 2.41. The number of halogens is 1. The minimum absolute atomic E-state index is 0.192. The van der Waals surface area contributed by atoms with Crippen LogP contribution in [-0.2, 0) is 6.61 Å². The van der Waals surface area contributed by atoms with Gasteiger partial charge in [-0.1, -0.05) is 15.9 Å². The summed E-state index contributed by atoms with van der Waals surface area (Å²) in [5.74, 6) is 1.15. The molecule has 17 heavy (non-hydrogen) atoms. The maximum Gasteiger partial charge on any atom is 0.199 e. The number of aromatic amines is 1. The summed E-state index contributed by atoms with van der Waals surface area (Å²) >= 11 is 8.51. The van der Waals surface area contributed by atoms with Crippen molar-refractivity contribution in [2.75, 3.05) is 7.11 Å². The zero-order chi connectivity index (χ0) is 12.4. The third-order valence-corrected chi connectivity index (χ3v) is 2.96. The predicted molar refractivity (Wildman–Crippen MR) is 68.9 cm³/mol. The minimum Gasteiger partial charge on any atom is -0.497 e. The summed E-state index contributed by atoms with van der Waals surface area (Å²) in [7, 11) is 1.59. The number of aromatic nitrogens is 3. The summed E-state index contributed by atoms with van der Waals surface area (Å²) in [5.41, 5.74) is 0.777. The molecule has 0 atom stereocenters. The number of hydrogen-bond acceptors (Lipinski definition) is 4. The lowest BCUT2D eigenvalue weighted by atomic mass is 10.3. The van der Waals surface area contributed by atoms with Gasteiger partial charge in [-0.2, -0.15) is 5.10 Å². The first kappa shape index (κ1) is 12.3. The van der Waals surface area contributed by atoms with E-state index in [1.807, 2.05) is 18.2 Å². The van der Waals surface area contributed by atoms with Gasteiger partial charge in [0.2, 0.25) is 0 Å². The Hall–Kier alpha value is -1.18. The van der Waals surface area contributed by atoms with Crippen LogP contribution in [-0.4, -0.2) is 27.0 Å². The average Bonchev–Trinajstić information content (AvgIpc) is 2.69. The van der Waals surface area contributed by atoms with Gasteiger partial charge in [-0.15, -0.1) is 0 Å². The molecule has 0 aliphatic heterocycles. The fourth-order valence-electron chi connectivity index (χ4n) is 1.50. The Balaban J connectivity index is 2.63. The molecule has 2 aromatic rings. The first-order chi connectivity index (χ1) is 8.15. The van der Waals surface area contributed by atoms with E-state index in [0.717, 1.165) is 10.2 Å². The molecule has 0 unspecified atom stereocenters. The normalized spacial score (nSPS) is 10.5. The van der Waals surface area contributed by atoms with Crippen molar-refractivity contribution in [2.45, 2.75) is 6.61 Å². The highest BCUT2D eigenvalue weighted by Crippen LogP contribution is 2.24. The number of rotatable bonds is 3. The number of hydrogen-bond donors (Lipinski definition) is 2. The summed E-state index contributed by atoms with van der Waals surface area (Å²) in [4.78, 5) is 0. The number of H-pyrrole nitrogens is 1. The topological polar surface area (TPSA) is 63.1 Å². The molecule has 0 bridgehead atoms. The summed E-state index contributed by atoms with van der Waals surface area (Å²) < 4.78 is 8.12. The average molecular weight is 316 g/mol. The number of aliphatic hydroxyl groups excluding tert-OH is 1. The van der Waals surface area contributed by atoms with E-state index in [9.17, 15) is 5.11 Å². The van der Waals surface area contributed by atoms with Crippen LogP contribution >= 0.6 is 28.1 Å². The monoisotopic (exact) mass is 315 g/mol. The Morgan fingerprint density at radius 3 is 2.94 bits per heavy atom. The van der Waals surface area contributed by atoms with Crippen LogP contribution in [0.1, 0.15) is 5.82 Å². The molecule has 7 heteroatoms. The Kier molecular flexibility index (Phi) is 3.60. The minimum atomic E-state index is -0.192. The zero-order valence-electron chi connectivity index (χ0n) is 8.98. The molecular weight excluding hydrogens is 306 g/mol. The third-order valence-electron chi connectivity index (χ3n) is 2.23. The maximum absolute atomic E-state index is 9.20. The molecule has 2 rings (SSSR count). The molecule has 2 N–H and O–H groups in total. The molecule has 0 saturated carbocycles. The van der Waals surface area contributed by atoms with Gasteiger partial charge < -0.3 is 9.84 Å². The van der Waals surface area contributed by atoms with E-state index >= 15 is 0 Å². The van der Waals surface area contributed by atoms with Crippen LogP contribution in [0.4, 0.5) is 0 Å². The van der Waals surface area contributed by atoms with E-state index in [0.29, 0.717) is 16.3 Å². The second kappa shape index (κ2) is 4.99. The summed E-state index contributed by atoms with van der Waals surface area (Å²) in [6, 6.07) is 5.52. The van der Waals surface area contributed by atoms with Crippen LogP contribution in [0.15, 0.2) is 22.7 Å². The Morgan fingerprint density at radius 2 is 2.29 bits per heavy atom. The fourth-order valence-corrected chi connectivity index (χ4v) is 2.21. The molecule has 0 aliphatic rings. The number of aliphatic hydroxyl groups is 1. The van der Waals surface area contributed by atoms with Crippen LogP contribution < -0.4 is 4.74 Å². The van der Waals surface area contributed by atoms with Crippen LogP contribution in [0.2, 0.25) is 0 Å². The van der Waals surface area contributed by atoms with E-state index in [1.165, 1.54) is 0 Å². The van der Waals surface area contributed by atoms with Gasteiger partial charge in [0.25, 0.3) is 0 Å². The van der Waals surface area contributed by atoms with Gasteiger partial charge in [0.05, 0.1) is 12.8 Å². The largest absolute Gasteiger partial charge is 0.497 e. The van der Waals surface area contributed by atoms with Gasteiger partial charge >= 0.3 is 0 Å². The SMILES string of the molecule is COc1cc(Br)cc(-n2c(CO)n[nH]c2=S)c1. The highest BCUT2D eigenvalue weighted by atomic mass is 79.9. The lowest BCUT2D eigenvalue weighted by Crippen LogP contribution is -2.01. The molecule has 0 fully saturated rings. The molecule has 0 radical (unpaired) electrons. The number of ether oxygens (including phenoxy) is 1. The second-order valence-corrected chi connectivity index (χ2v) is 4.59. The van der Waals surface area contributed by atoms with E-state index in [1.54, 1.807) is 11.7 Å². The lowest BCUT2D eigenvalue weighted by molar-refractivity contribution is 0.268. The first-order valence-electron chi connectivity index (χ1n) is 4.78. The summed E-state index contributed by atoms with van der Waals surface area (Å²) in [5, 5.41) is 15.8. The lowest BCUT2D eigenvalue weighted by Gasteiger charge is -2.08. The maximum atomic E-state index is 9.20. The van der Waals surface area contributed by atoms with Crippen LogP contribution in [0.25, 0.3) is 5.69 Å². The Morgan fingerprint density at radius 1 is 1.53 bits per heavy atom. The van der Waals surface area contributed by atoms with Gasteiger partial charge in [0.1, 0.15) is 12.4 Å². The zero-order valence-corrected chi connectivity index (χ0v) is 11.4. The quantitative estimate of drug-likeness (QED) is 0.852. The van der Waals surface area contributed by atoms with Crippen molar-refractivity contribution < 1.29 is 9.84 Å². The molecule has 0 aliphatic carbocycles. The number of nitrogens with zero attached hydrogens (tertiary/aromatic N) is 2. The van der Waals surface area contributed by atoms with Crippen molar-refractivity contribution in [3.8, 4) is 11.4 Å². The standard InChI is InChI=1S/C10H10BrN3O2S/c1-16-8-3-6(11)2-7(4-8)14-9(5-15)12-13-10(14)17/h2-4,15H,5H2,1H3,(H,13,17). The fraction of sp³-hybridized carbons (Fsp3) is 0.200. The van der Waals surface area contributed by atoms with Crippen molar-refractivity contribution >= 4 is 28.1 Å². The van der Waals surface area contributed by atoms with Gasteiger partial charge in [-0.3, -0.25) is 9.67 Å². The smallest absolute Gasteiger partial charge is 0.199 e. The van der Waals surface area contributed by atoms with E-state index in [4.69, 9.17) is 17.0 Å². The Labute approximate surface area is 111 Å². The van der Waals surface area contributed by atoms with Gasteiger partial charge in [0, 0.05) is 10.5 Å². The van der Waals surface area contributed by atoms with Crippen LogP contribution in [0.5, 0.6) is 5.75 Å². The molecule has 0 amide bonds. The van der Waals surface area contributed by atoms with Crippen molar-refractivity contribution in [1.29, 1.82) is 0 Å². The second-order valence-electron chi connectivity index (χ2n) is 3.29. The number of methoxy groups -OCH3 is 1. The summed E-state index contributed by atoms with van der Waals surface area (Å²) in [6.45, 7) is -0.192. The van der Waals surface area contributed by atoms with Crippen molar-refractivity contribution in [3.05, 3.63) is 33.3 Å². The molecule has 1 heterocycles. The van der Waals surface area contributed by atoms with E-state index in [-0.39, 0.29) is 6.61 Å². The van der Waals surface area contributed by atoms with Gasteiger partial charge in [-0.05, 0) is 24.4 Å². The van der Waals surface area contributed by atoms with Crippen molar-refractivity contribution in [3.63, 3.8) is 0 Å². The first-order valence-corrected chi connectivity index (χ1v) is 5.98. The summed E-state index contributed by atoms with van der Waals surface area (Å²) in [6.07, 6.45) is 0. The highest BCUT2D eigenvalue weighted by molar-refractivity contribution is 9.10. The Bertz CT molecular complexity index is 593. The van der Waals surface area contributed by atoms with Gasteiger partial charge in [0.15, 0.2) is 10.6 Å². The number of benzene rings is 1. The highest BCUT2D eigenvalue weighted by Gasteiger charge is 2.09. The molecule has 5 nitrogen and oxygen atoms in total. The predicted octanol–water partition coefficient (Wildman–Crippen LogP) is 2.19. The van der Waals surface area contributed by atoms with Crippen molar-refractivity contribution in [2.24, 2.45) is 0 Å². The van der Waals surface area contributed by atoms with Gasteiger partial charge in [-0.25, -0.2) is 0 Å². The molecule has 0 saturated heterocycles.